The van der Waals surface area contributed by atoms with Crippen LogP contribution in [0.25, 0.3) is 11.3 Å². The van der Waals surface area contributed by atoms with Gasteiger partial charge in [0.2, 0.25) is 0 Å². The number of sulfone groups is 1. The Morgan fingerprint density at radius 3 is 2.57 bits per heavy atom. The molecule has 1 N–H and O–H groups in total. The number of carbonyl (C=O) groups excluding carboxylic acids is 1. The third-order valence-corrected chi connectivity index (χ3v) is 7.32. The number of benzene rings is 2. The minimum atomic E-state index is -3.16. The van der Waals surface area contributed by atoms with Crippen molar-refractivity contribution in [2.45, 2.75) is 39.3 Å². The summed E-state index contributed by atoms with van der Waals surface area (Å²) in [5.41, 5.74) is 2.35. The molecule has 2 heterocycles. The van der Waals surface area contributed by atoms with Crippen LogP contribution in [0.2, 0.25) is 0 Å². The van der Waals surface area contributed by atoms with Crippen LogP contribution in [0.3, 0.4) is 0 Å². The average molecular weight is 502 g/mol. The molecule has 186 valence electrons. The number of ether oxygens (including phenoxy) is 2. The maximum absolute atomic E-state index is 13.1. The van der Waals surface area contributed by atoms with Crippen molar-refractivity contribution in [1.29, 1.82) is 0 Å². The summed E-state index contributed by atoms with van der Waals surface area (Å²) in [5.74, 6) is 0.712. The van der Waals surface area contributed by atoms with Crippen LogP contribution in [0.4, 0.5) is 10.2 Å². The van der Waals surface area contributed by atoms with Gasteiger partial charge in [0.15, 0.2) is 16.4 Å². The van der Waals surface area contributed by atoms with E-state index in [1.807, 2.05) is 39.0 Å². The zero-order valence-corrected chi connectivity index (χ0v) is 20.6. The number of nitrogens with one attached hydrogen (secondary N) is 1. The smallest absolute Gasteiger partial charge is 0.263 e. The number of carbonyl (C=O) groups is 1. The maximum Gasteiger partial charge on any atom is 0.263 e. The van der Waals surface area contributed by atoms with Crippen molar-refractivity contribution in [3.8, 4) is 22.8 Å². The summed E-state index contributed by atoms with van der Waals surface area (Å²) in [5, 5.41) is 7.44. The molecule has 0 saturated carbocycles. The zero-order valence-electron chi connectivity index (χ0n) is 19.8. The lowest BCUT2D eigenvalue weighted by Gasteiger charge is -2.14. The van der Waals surface area contributed by atoms with E-state index in [4.69, 9.17) is 9.47 Å². The molecule has 2 aromatic carbocycles. The fourth-order valence-electron chi connectivity index (χ4n) is 3.93. The van der Waals surface area contributed by atoms with Crippen LogP contribution in [0, 0.1) is 12.7 Å². The van der Waals surface area contributed by atoms with Crippen LogP contribution in [0.1, 0.15) is 31.9 Å². The van der Waals surface area contributed by atoms with E-state index in [0.717, 1.165) is 16.9 Å². The molecule has 0 radical (unpaired) electrons. The van der Waals surface area contributed by atoms with Gasteiger partial charge in [0.05, 0.1) is 29.3 Å². The molecule has 1 aliphatic rings. The molecule has 1 aromatic heterocycles. The highest BCUT2D eigenvalue weighted by Gasteiger charge is 2.32. The first kappa shape index (κ1) is 24.7. The predicted molar refractivity (Wildman–Crippen MR) is 131 cm³/mol. The van der Waals surface area contributed by atoms with Crippen LogP contribution in [0.15, 0.2) is 48.5 Å². The first-order valence-electron chi connectivity index (χ1n) is 11.4. The summed E-state index contributed by atoms with van der Waals surface area (Å²) >= 11 is 0. The second-order valence-electron chi connectivity index (χ2n) is 8.85. The number of amides is 1. The van der Waals surface area contributed by atoms with Crippen LogP contribution in [0.5, 0.6) is 11.5 Å². The van der Waals surface area contributed by atoms with E-state index < -0.39 is 21.6 Å². The fraction of sp³-hybridized carbons (Fsp3) is 0.360. The first-order chi connectivity index (χ1) is 16.6. The molecule has 35 heavy (non-hydrogen) atoms. The van der Waals surface area contributed by atoms with Crippen LogP contribution in [-0.2, 0) is 14.6 Å². The molecule has 0 spiro atoms. The lowest BCUT2D eigenvalue weighted by molar-refractivity contribution is -0.118. The van der Waals surface area contributed by atoms with Gasteiger partial charge in [0.1, 0.15) is 23.1 Å². The number of hydrogen-bond donors (Lipinski definition) is 1. The van der Waals surface area contributed by atoms with E-state index in [2.05, 4.69) is 10.4 Å². The Bertz CT molecular complexity index is 1320. The van der Waals surface area contributed by atoms with Crippen molar-refractivity contribution in [1.82, 2.24) is 9.78 Å². The quantitative estimate of drug-likeness (QED) is 0.498. The van der Waals surface area contributed by atoms with E-state index in [1.165, 1.54) is 24.3 Å². The van der Waals surface area contributed by atoms with E-state index in [1.54, 1.807) is 10.7 Å². The van der Waals surface area contributed by atoms with E-state index in [-0.39, 0.29) is 30.3 Å². The van der Waals surface area contributed by atoms with Crippen LogP contribution in [-0.4, -0.2) is 48.3 Å². The van der Waals surface area contributed by atoms with E-state index >= 15 is 0 Å². The number of nitrogens with zero attached hydrogens (tertiary/aromatic N) is 2. The van der Waals surface area contributed by atoms with Gasteiger partial charge >= 0.3 is 0 Å². The van der Waals surface area contributed by atoms with E-state index in [9.17, 15) is 17.6 Å². The Balaban J connectivity index is 1.57. The summed E-state index contributed by atoms with van der Waals surface area (Å²) in [4.78, 5) is 12.6. The van der Waals surface area contributed by atoms with Gasteiger partial charge in [0.25, 0.3) is 5.91 Å². The molecule has 1 saturated heterocycles. The van der Waals surface area contributed by atoms with Gasteiger partial charge in [-0.3, -0.25) is 4.79 Å². The Labute approximate surface area is 204 Å². The Morgan fingerprint density at radius 1 is 1.20 bits per heavy atom. The largest absolute Gasteiger partial charge is 0.491 e. The summed E-state index contributed by atoms with van der Waals surface area (Å²) in [7, 11) is -3.16. The number of aryl methyl sites for hydroxylation is 1. The van der Waals surface area contributed by atoms with Crippen molar-refractivity contribution >= 4 is 21.6 Å². The highest BCUT2D eigenvalue weighted by atomic mass is 32.2. The average Bonchev–Trinajstić information content (AvgIpc) is 3.37. The van der Waals surface area contributed by atoms with Crippen LogP contribution < -0.4 is 14.8 Å². The molecule has 1 atom stereocenters. The maximum atomic E-state index is 13.1. The molecule has 0 unspecified atom stereocenters. The molecule has 3 aromatic rings. The van der Waals surface area contributed by atoms with Crippen molar-refractivity contribution in [3.63, 3.8) is 0 Å². The number of anilines is 1. The Hall–Kier alpha value is -3.40. The van der Waals surface area contributed by atoms with Crippen molar-refractivity contribution in [2.75, 3.05) is 23.4 Å². The molecule has 0 bridgehead atoms. The minimum Gasteiger partial charge on any atom is -0.491 e. The number of aromatic nitrogens is 2. The van der Waals surface area contributed by atoms with Crippen molar-refractivity contribution in [2.24, 2.45) is 0 Å². The molecular weight excluding hydrogens is 473 g/mol. The molecule has 0 aliphatic carbocycles. The fourth-order valence-corrected chi connectivity index (χ4v) is 5.62. The minimum absolute atomic E-state index is 0.0384. The lowest BCUT2D eigenvalue weighted by Crippen LogP contribution is -2.23. The Kier molecular flexibility index (Phi) is 7.11. The molecule has 1 aliphatic heterocycles. The van der Waals surface area contributed by atoms with Gasteiger partial charge in [0, 0.05) is 11.6 Å². The second kappa shape index (κ2) is 10.1. The third kappa shape index (κ3) is 6.19. The molecule has 1 fully saturated rings. The second-order valence-corrected chi connectivity index (χ2v) is 11.1. The van der Waals surface area contributed by atoms with E-state index in [0.29, 0.717) is 23.7 Å². The highest BCUT2D eigenvalue weighted by Crippen LogP contribution is 2.32. The predicted octanol–water partition coefficient (Wildman–Crippen LogP) is 4.16. The van der Waals surface area contributed by atoms with Gasteiger partial charge in [-0.2, -0.15) is 5.10 Å². The molecule has 4 rings (SSSR count). The van der Waals surface area contributed by atoms with Crippen molar-refractivity contribution < 1.29 is 27.1 Å². The molecule has 10 heteroatoms. The summed E-state index contributed by atoms with van der Waals surface area (Å²) in [6.07, 6.45) is 0.459. The van der Waals surface area contributed by atoms with Gasteiger partial charge in [-0.25, -0.2) is 17.5 Å². The standard InChI is InChI=1S/C25H28FN3O5S/c1-16(2)34-23-9-4-18(12-17(23)3)22-13-24(29(28-22)20-10-11-35(31,32)15-20)27-25(30)14-33-21-7-5-19(26)6-8-21/h4-9,12-13,16,20H,10-11,14-15H2,1-3H3,(H,27,30)/t20-/m1/s1. The summed E-state index contributed by atoms with van der Waals surface area (Å²) < 4.78 is 50.1. The topological polar surface area (TPSA) is 99.5 Å². The monoisotopic (exact) mass is 501 g/mol. The van der Waals surface area contributed by atoms with Gasteiger partial charge < -0.3 is 14.8 Å². The van der Waals surface area contributed by atoms with Crippen LogP contribution >= 0.6 is 0 Å². The zero-order chi connectivity index (χ0) is 25.2. The molecule has 1 amide bonds. The third-order valence-electron chi connectivity index (χ3n) is 5.57. The molecule has 8 nitrogen and oxygen atoms in total. The summed E-state index contributed by atoms with van der Waals surface area (Å²) in [6.45, 7) is 5.56. The number of hydrogen-bond acceptors (Lipinski definition) is 6. The number of rotatable bonds is 8. The Morgan fingerprint density at radius 2 is 1.94 bits per heavy atom. The van der Waals surface area contributed by atoms with Gasteiger partial charge in [-0.15, -0.1) is 0 Å². The lowest BCUT2D eigenvalue weighted by atomic mass is 10.1. The van der Waals surface area contributed by atoms with Gasteiger partial charge in [-0.1, -0.05) is 0 Å². The SMILES string of the molecule is Cc1cc(-c2cc(NC(=O)COc3ccc(F)cc3)n([C@@H]3CCS(=O)(=O)C3)n2)ccc1OC(C)C. The highest BCUT2D eigenvalue weighted by molar-refractivity contribution is 7.91. The molecular formula is C25H28FN3O5S. The summed E-state index contributed by atoms with van der Waals surface area (Å²) in [6, 6.07) is 12.4. The number of halogens is 1. The van der Waals surface area contributed by atoms with Crippen molar-refractivity contribution in [3.05, 3.63) is 59.9 Å². The van der Waals surface area contributed by atoms with Gasteiger partial charge in [-0.05, 0) is 75.2 Å². The first-order valence-corrected chi connectivity index (χ1v) is 13.2. The normalized spacial score (nSPS) is 16.9.